The highest BCUT2D eigenvalue weighted by Crippen LogP contribution is 2.18. The molecule has 0 aromatic heterocycles. The second kappa shape index (κ2) is 7.88. The van der Waals surface area contributed by atoms with Crippen LogP contribution < -0.4 is 5.32 Å². The molecule has 1 fully saturated rings. The molecule has 1 amide bonds. The lowest BCUT2D eigenvalue weighted by Gasteiger charge is -2.37. The molecule has 0 aromatic carbocycles. The standard InChI is InChI=1S/C16H32N2O/c1-6-14(7-2)18(11-12(3)4)16(19)15-10-8-9-13(5)17-15/h12-15,17H,6-11H2,1-5H3. The minimum Gasteiger partial charge on any atom is -0.338 e. The molecule has 1 aliphatic rings. The van der Waals surface area contributed by atoms with Crippen molar-refractivity contribution < 1.29 is 4.79 Å². The molecule has 1 saturated heterocycles. The van der Waals surface area contributed by atoms with Crippen LogP contribution in [0.25, 0.3) is 0 Å². The molecule has 1 rings (SSSR count). The molecule has 3 nitrogen and oxygen atoms in total. The molecule has 0 bridgehead atoms. The molecule has 19 heavy (non-hydrogen) atoms. The van der Waals surface area contributed by atoms with Gasteiger partial charge in [-0.1, -0.05) is 27.7 Å². The number of carbonyl (C=O) groups is 1. The number of nitrogens with one attached hydrogen (secondary N) is 1. The lowest BCUT2D eigenvalue weighted by Crippen LogP contribution is -2.54. The Bertz CT molecular complexity index is 274. The first-order valence-corrected chi connectivity index (χ1v) is 8.06. The van der Waals surface area contributed by atoms with Crippen LogP contribution in [0.4, 0.5) is 0 Å². The quantitative estimate of drug-likeness (QED) is 0.802. The fourth-order valence-electron chi connectivity index (χ4n) is 3.08. The van der Waals surface area contributed by atoms with E-state index in [9.17, 15) is 4.79 Å². The molecule has 1 aliphatic heterocycles. The molecule has 0 radical (unpaired) electrons. The van der Waals surface area contributed by atoms with E-state index >= 15 is 0 Å². The van der Waals surface area contributed by atoms with E-state index in [4.69, 9.17) is 0 Å². The number of hydrogen-bond donors (Lipinski definition) is 1. The van der Waals surface area contributed by atoms with Crippen molar-refractivity contribution in [3.63, 3.8) is 0 Å². The molecule has 2 atom stereocenters. The third kappa shape index (κ3) is 4.79. The molecule has 2 unspecified atom stereocenters. The van der Waals surface area contributed by atoms with E-state index in [2.05, 4.69) is 44.8 Å². The highest BCUT2D eigenvalue weighted by molar-refractivity contribution is 5.82. The summed E-state index contributed by atoms with van der Waals surface area (Å²) in [5.41, 5.74) is 0. The molecule has 0 aliphatic carbocycles. The summed E-state index contributed by atoms with van der Waals surface area (Å²) in [7, 11) is 0. The summed E-state index contributed by atoms with van der Waals surface area (Å²) in [6.45, 7) is 11.8. The van der Waals surface area contributed by atoms with Gasteiger partial charge in [0.15, 0.2) is 0 Å². The number of rotatable bonds is 6. The van der Waals surface area contributed by atoms with Crippen molar-refractivity contribution in [2.45, 2.75) is 84.8 Å². The zero-order valence-electron chi connectivity index (χ0n) is 13.4. The van der Waals surface area contributed by atoms with Crippen molar-refractivity contribution in [2.75, 3.05) is 6.54 Å². The van der Waals surface area contributed by atoms with Crippen molar-refractivity contribution in [1.29, 1.82) is 0 Å². The Morgan fingerprint density at radius 2 is 1.89 bits per heavy atom. The summed E-state index contributed by atoms with van der Waals surface area (Å²) >= 11 is 0. The van der Waals surface area contributed by atoms with Crippen molar-refractivity contribution in [2.24, 2.45) is 5.92 Å². The lowest BCUT2D eigenvalue weighted by molar-refractivity contribution is -0.137. The van der Waals surface area contributed by atoms with Crippen molar-refractivity contribution in [3.05, 3.63) is 0 Å². The Morgan fingerprint density at radius 1 is 1.26 bits per heavy atom. The summed E-state index contributed by atoms with van der Waals surface area (Å²) < 4.78 is 0. The molecular formula is C16H32N2O. The molecular weight excluding hydrogens is 236 g/mol. The predicted molar refractivity (Wildman–Crippen MR) is 81.2 cm³/mol. The van der Waals surface area contributed by atoms with Gasteiger partial charge < -0.3 is 10.2 Å². The number of carbonyl (C=O) groups excluding carboxylic acids is 1. The van der Waals surface area contributed by atoms with Crippen LogP contribution in [0.5, 0.6) is 0 Å². The van der Waals surface area contributed by atoms with Gasteiger partial charge in [0.2, 0.25) is 5.91 Å². The molecule has 1 N–H and O–H groups in total. The van der Waals surface area contributed by atoms with Crippen molar-refractivity contribution in [1.82, 2.24) is 10.2 Å². The minimum atomic E-state index is 0.0445. The van der Waals surface area contributed by atoms with Gasteiger partial charge in [-0.2, -0.15) is 0 Å². The third-order valence-corrected chi connectivity index (χ3v) is 4.14. The fourth-order valence-corrected chi connectivity index (χ4v) is 3.08. The third-order valence-electron chi connectivity index (χ3n) is 4.14. The highest BCUT2D eigenvalue weighted by atomic mass is 16.2. The van der Waals surface area contributed by atoms with Crippen LogP contribution in [0.1, 0.15) is 66.7 Å². The zero-order valence-corrected chi connectivity index (χ0v) is 13.4. The first-order valence-electron chi connectivity index (χ1n) is 8.06. The molecule has 0 saturated carbocycles. The number of piperidine rings is 1. The lowest BCUT2D eigenvalue weighted by atomic mass is 9.97. The van der Waals surface area contributed by atoms with E-state index in [1.807, 2.05) is 0 Å². The average molecular weight is 268 g/mol. The van der Waals surface area contributed by atoms with Gasteiger partial charge in [-0.15, -0.1) is 0 Å². The molecule has 3 heteroatoms. The maximum Gasteiger partial charge on any atom is 0.239 e. The van der Waals surface area contributed by atoms with E-state index in [0.717, 1.165) is 25.8 Å². The van der Waals surface area contributed by atoms with Gasteiger partial charge in [0.1, 0.15) is 0 Å². The summed E-state index contributed by atoms with van der Waals surface area (Å²) in [6.07, 6.45) is 5.47. The van der Waals surface area contributed by atoms with Gasteiger partial charge in [0.25, 0.3) is 0 Å². The highest BCUT2D eigenvalue weighted by Gasteiger charge is 2.31. The number of amides is 1. The second-order valence-electron chi connectivity index (χ2n) is 6.41. The average Bonchev–Trinajstić information content (AvgIpc) is 2.37. The van der Waals surface area contributed by atoms with Crippen LogP contribution in [0.2, 0.25) is 0 Å². The van der Waals surface area contributed by atoms with Crippen LogP contribution >= 0.6 is 0 Å². The maximum absolute atomic E-state index is 12.8. The zero-order chi connectivity index (χ0) is 14.4. The largest absolute Gasteiger partial charge is 0.338 e. The molecule has 0 aromatic rings. The Labute approximate surface area is 119 Å². The van der Waals surface area contributed by atoms with Crippen LogP contribution in [-0.4, -0.2) is 35.5 Å². The van der Waals surface area contributed by atoms with E-state index in [0.29, 0.717) is 23.9 Å². The second-order valence-corrected chi connectivity index (χ2v) is 6.41. The Balaban J connectivity index is 2.74. The summed E-state index contributed by atoms with van der Waals surface area (Å²) in [5.74, 6) is 0.861. The van der Waals surface area contributed by atoms with E-state index in [1.165, 1.54) is 12.8 Å². The first-order chi connectivity index (χ1) is 8.99. The van der Waals surface area contributed by atoms with E-state index in [1.54, 1.807) is 0 Å². The minimum absolute atomic E-state index is 0.0445. The molecule has 1 heterocycles. The Kier molecular flexibility index (Phi) is 6.84. The number of hydrogen-bond acceptors (Lipinski definition) is 2. The van der Waals surface area contributed by atoms with E-state index < -0.39 is 0 Å². The van der Waals surface area contributed by atoms with Gasteiger partial charge in [-0.3, -0.25) is 4.79 Å². The van der Waals surface area contributed by atoms with Gasteiger partial charge in [0, 0.05) is 18.6 Å². The van der Waals surface area contributed by atoms with Gasteiger partial charge >= 0.3 is 0 Å². The Morgan fingerprint density at radius 3 is 2.37 bits per heavy atom. The van der Waals surface area contributed by atoms with Gasteiger partial charge in [0.05, 0.1) is 6.04 Å². The summed E-state index contributed by atoms with van der Waals surface area (Å²) in [5, 5.41) is 3.48. The normalized spacial score (nSPS) is 23.9. The fraction of sp³-hybridized carbons (Fsp3) is 0.938. The summed E-state index contributed by atoms with van der Waals surface area (Å²) in [6, 6.07) is 0.919. The van der Waals surface area contributed by atoms with Crippen molar-refractivity contribution in [3.8, 4) is 0 Å². The van der Waals surface area contributed by atoms with Crippen molar-refractivity contribution >= 4 is 5.91 Å². The predicted octanol–water partition coefficient (Wildman–Crippen LogP) is 3.19. The van der Waals surface area contributed by atoms with Crippen LogP contribution in [-0.2, 0) is 4.79 Å². The van der Waals surface area contributed by atoms with Crippen LogP contribution in [0.15, 0.2) is 0 Å². The van der Waals surface area contributed by atoms with Crippen LogP contribution in [0.3, 0.4) is 0 Å². The molecule has 0 spiro atoms. The monoisotopic (exact) mass is 268 g/mol. The topological polar surface area (TPSA) is 32.3 Å². The van der Waals surface area contributed by atoms with Gasteiger partial charge in [-0.05, 0) is 44.9 Å². The molecule has 112 valence electrons. The van der Waals surface area contributed by atoms with E-state index in [-0.39, 0.29) is 6.04 Å². The first kappa shape index (κ1) is 16.5. The van der Waals surface area contributed by atoms with Gasteiger partial charge in [-0.25, -0.2) is 0 Å². The summed E-state index contributed by atoms with van der Waals surface area (Å²) in [4.78, 5) is 14.9. The number of nitrogens with zero attached hydrogens (tertiary/aromatic N) is 1. The SMILES string of the molecule is CCC(CC)N(CC(C)C)C(=O)C1CCCC(C)N1. The maximum atomic E-state index is 12.8. The Hall–Kier alpha value is -0.570. The smallest absolute Gasteiger partial charge is 0.239 e. The van der Waals surface area contributed by atoms with Crippen LogP contribution in [0, 0.1) is 5.92 Å².